The van der Waals surface area contributed by atoms with Crippen molar-refractivity contribution in [3.63, 3.8) is 0 Å². The Hall–Kier alpha value is -1.64. The summed E-state index contributed by atoms with van der Waals surface area (Å²) in [7, 11) is 0. The van der Waals surface area contributed by atoms with Crippen molar-refractivity contribution < 1.29 is 0 Å². The molecule has 3 rings (SSSR count). The highest BCUT2D eigenvalue weighted by molar-refractivity contribution is 5.34. The first-order valence-electron chi connectivity index (χ1n) is 7.42. The van der Waals surface area contributed by atoms with E-state index in [1.165, 1.54) is 11.1 Å². The third-order valence-electron chi connectivity index (χ3n) is 3.93. The molecule has 1 radical (unpaired) electrons. The van der Waals surface area contributed by atoms with Crippen LogP contribution in [0.25, 0.3) is 0 Å². The zero-order chi connectivity index (χ0) is 13.6. The van der Waals surface area contributed by atoms with Crippen LogP contribution in [-0.4, -0.2) is 25.7 Å². The van der Waals surface area contributed by atoms with Crippen LogP contribution in [-0.2, 0) is 0 Å². The van der Waals surface area contributed by atoms with E-state index in [0.717, 1.165) is 26.1 Å². The van der Waals surface area contributed by atoms with E-state index in [9.17, 15) is 0 Å². The first kappa shape index (κ1) is 13.3. The second kappa shape index (κ2) is 6.69. The molecule has 1 aliphatic heterocycles. The standard InChI is InChI=1S/C18H21N2/c1-3-8-15(9-4-1)18(16-10-5-2-6-11-16)17-14-19-12-7-13-20-17/h1-6,8-11,17-19H,7,12-14H2. The first-order chi connectivity index (χ1) is 9.95. The zero-order valence-corrected chi connectivity index (χ0v) is 11.7. The number of hydrogen-bond donors (Lipinski definition) is 1. The van der Waals surface area contributed by atoms with Gasteiger partial charge in [0.05, 0.1) is 0 Å². The lowest BCUT2D eigenvalue weighted by Gasteiger charge is -2.26. The topological polar surface area (TPSA) is 26.1 Å². The molecular formula is C18H21N2. The van der Waals surface area contributed by atoms with Gasteiger partial charge in [0, 0.05) is 25.0 Å². The molecule has 1 heterocycles. The van der Waals surface area contributed by atoms with Gasteiger partial charge < -0.3 is 5.32 Å². The molecule has 2 nitrogen and oxygen atoms in total. The van der Waals surface area contributed by atoms with Crippen LogP contribution in [0.3, 0.4) is 0 Å². The van der Waals surface area contributed by atoms with Crippen molar-refractivity contribution in [2.45, 2.75) is 18.4 Å². The monoisotopic (exact) mass is 265 g/mol. The van der Waals surface area contributed by atoms with E-state index in [4.69, 9.17) is 5.32 Å². The highest BCUT2D eigenvalue weighted by Crippen LogP contribution is 2.28. The quantitative estimate of drug-likeness (QED) is 0.907. The molecule has 2 aromatic carbocycles. The van der Waals surface area contributed by atoms with Gasteiger partial charge in [-0.25, -0.2) is 5.32 Å². The molecule has 2 aromatic rings. The lowest BCUT2D eigenvalue weighted by molar-refractivity contribution is 0.470. The van der Waals surface area contributed by atoms with Crippen molar-refractivity contribution in [3.8, 4) is 0 Å². The van der Waals surface area contributed by atoms with Crippen LogP contribution in [0.15, 0.2) is 60.7 Å². The molecule has 2 heteroatoms. The number of hydrogen-bond acceptors (Lipinski definition) is 1. The van der Waals surface area contributed by atoms with Gasteiger partial charge in [0.1, 0.15) is 0 Å². The van der Waals surface area contributed by atoms with Gasteiger partial charge in [-0.15, -0.1) is 0 Å². The molecule has 0 aliphatic carbocycles. The summed E-state index contributed by atoms with van der Waals surface area (Å²) in [6, 6.07) is 21.8. The van der Waals surface area contributed by atoms with Crippen molar-refractivity contribution in [3.05, 3.63) is 71.8 Å². The molecule has 0 spiro atoms. The fourth-order valence-electron chi connectivity index (χ4n) is 2.96. The maximum Gasteiger partial charge on any atom is 0.0479 e. The Morgan fingerprint density at radius 1 is 0.900 bits per heavy atom. The molecule has 0 bridgehead atoms. The van der Waals surface area contributed by atoms with Crippen LogP contribution in [0.2, 0.25) is 0 Å². The zero-order valence-electron chi connectivity index (χ0n) is 11.7. The van der Waals surface area contributed by atoms with Crippen LogP contribution >= 0.6 is 0 Å². The number of nitrogens with zero attached hydrogens (tertiary/aromatic N) is 1. The van der Waals surface area contributed by atoms with E-state index in [1.54, 1.807) is 0 Å². The molecule has 1 fully saturated rings. The second-order valence-electron chi connectivity index (χ2n) is 5.33. The normalized spacial score (nSPS) is 19.8. The van der Waals surface area contributed by atoms with Crippen LogP contribution < -0.4 is 10.6 Å². The van der Waals surface area contributed by atoms with Crippen LogP contribution in [0.5, 0.6) is 0 Å². The summed E-state index contributed by atoms with van der Waals surface area (Å²) in [6.07, 6.45) is 1.15. The van der Waals surface area contributed by atoms with Gasteiger partial charge >= 0.3 is 0 Å². The van der Waals surface area contributed by atoms with Crippen molar-refractivity contribution in [1.29, 1.82) is 0 Å². The highest BCUT2D eigenvalue weighted by atomic mass is 15.0. The minimum atomic E-state index is 0.322. The summed E-state index contributed by atoms with van der Waals surface area (Å²) in [6.45, 7) is 3.01. The van der Waals surface area contributed by atoms with Crippen LogP contribution in [0, 0.1) is 0 Å². The van der Waals surface area contributed by atoms with E-state index in [0.29, 0.717) is 12.0 Å². The van der Waals surface area contributed by atoms with Crippen LogP contribution in [0.1, 0.15) is 23.5 Å². The summed E-state index contributed by atoms with van der Waals surface area (Å²) in [5, 5.41) is 8.44. The molecule has 1 atom stereocenters. The molecule has 1 aliphatic rings. The lowest BCUT2D eigenvalue weighted by Crippen LogP contribution is -2.36. The Kier molecular flexibility index (Phi) is 4.46. The van der Waals surface area contributed by atoms with Gasteiger partial charge in [0.15, 0.2) is 0 Å². The summed E-state index contributed by atoms with van der Waals surface area (Å²) >= 11 is 0. The van der Waals surface area contributed by atoms with Crippen molar-refractivity contribution in [1.82, 2.24) is 10.6 Å². The molecule has 1 saturated heterocycles. The number of nitrogens with one attached hydrogen (secondary N) is 1. The molecular weight excluding hydrogens is 244 g/mol. The van der Waals surface area contributed by atoms with Gasteiger partial charge in [0.2, 0.25) is 0 Å². The summed E-state index contributed by atoms with van der Waals surface area (Å²) in [4.78, 5) is 0. The Bertz CT molecular complexity index is 462. The maximum absolute atomic E-state index is 4.91. The fraction of sp³-hybridized carbons (Fsp3) is 0.333. The van der Waals surface area contributed by atoms with Crippen molar-refractivity contribution >= 4 is 0 Å². The highest BCUT2D eigenvalue weighted by Gasteiger charge is 2.26. The summed E-state index contributed by atoms with van der Waals surface area (Å²) in [5.74, 6) is 0.350. The smallest absolute Gasteiger partial charge is 0.0479 e. The van der Waals surface area contributed by atoms with Gasteiger partial charge in [-0.05, 0) is 24.1 Å². The molecule has 0 aromatic heterocycles. The van der Waals surface area contributed by atoms with Crippen molar-refractivity contribution in [2.24, 2.45) is 0 Å². The Morgan fingerprint density at radius 2 is 1.50 bits per heavy atom. The maximum atomic E-state index is 4.91. The Labute approximate surface area is 121 Å². The minimum absolute atomic E-state index is 0.322. The van der Waals surface area contributed by atoms with Gasteiger partial charge in [-0.2, -0.15) is 0 Å². The van der Waals surface area contributed by atoms with Gasteiger partial charge in [-0.3, -0.25) is 0 Å². The van der Waals surface area contributed by atoms with Crippen molar-refractivity contribution in [2.75, 3.05) is 19.6 Å². The minimum Gasteiger partial charge on any atom is -0.315 e. The summed E-state index contributed by atoms with van der Waals surface area (Å²) in [5.41, 5.74) is 2.72. The van der Waals surface area contributed by atoms with E-state index in [1.807, 2.05) is 0 Å². The predicted molar refractivity (Wildman–Crippen MR) is 83.0 cm³/mol. The molecule has 20 heavy (non-hydrogen) atoms. The largest absolute Gasteiger partial charge is 0.315 e. The molecule has 0 amide bonds. The van der Waals surface area contributed by atoms with E-state index >= 15 is 0 Å². The van der Waals surface area contributed by atoms with E-state index in [-0.39, 0.29) is 0 Å². The Balaban J connectivity index is 1.95. The first-order valence-corrected chi connectivity index (χ1v) is 7.42. The van der Waals surface area contributed by atoms with Gasteiger partial charge in [-0.1, -0.05) is 60.7 Å². The third-order valence-corrected chi connectivity index (χ3v) is 3.93. The summed E-state index contributed by atoms with van der Waals surface area (Å²) < 4.78 is 0. The second-order valence-corrected chi connectivity index (χ2v) is 5.33. The van der Waals surface area contributed by atoms with Gasteiger partial charge in [0.25, 0.3) is 0 Å². The number of benzene rings is 2. The van der Waals surface area contributed by atoms with E-state index < -0.39 is 0 Å². The molecule has 103 valence electrons. The average molecular weight is 265 g/mol. The number of rotatable bonds is 3. The third kappa shape index (κ3) is 3.09. The lowest BCUT2D eigenvalue weighted by atomic mass is 9.85. The molecule has 0 saturated carbocycles. The van der Waals surface area contributed by atoms with Crippen LogP contribution in [0.4, 0.5) is 0 Å². The predicted octanol–water partition coefficient (Wildman–Crippen LogP) is 2.78. The Morgan fingerprint density at radius 3 is 2.10 bits per heavy atom. The van der Waals surface area contributed by atoms with E-state index in [2.05, 4.69) is 66.0 Å². The SMILES string of the molecule is c1ccc(C(c2ccccc2)C2CNCCC[N]2)cc1. The average Bonchev–Trinajstić information content (AvgIpc) is 2.79. The molecule has 1 unspecified atom stereocenters. The fourth-order valence-corrected chi connectivity index (χ4v) is 2.96. The molecule has 1 N–H and O–H groups in total.